The minimum absolute atomic E-state index is 0.233. The van der Waals surface area contributed by atoms with E-state index in [1.807, 2.05) is 13.0 Å². The van der Waals surface area contributed by atoms with Gasteiger partial charge in [0.15, 0.2) is 0 Å². The third kappa shape index (κ3) is 4.94. The second kappa shape index (κ2) is 6.67. The van der Waals surface area contributed by atoms with E-state index in [1.54, 1.807) is 0 Å². The highest BCUT2D eigenvalue weighted by atomic mass is 79.9. The minimum atomic E-state index is 0.233. The first-order chi connectivity index (χ1) is 5.68. The summed E-state index contributed by atoms with van der Waals surface area (Å²) in [6, 6.07) is 0. The second-order valence-corrected chi connectivity index (χ2v) is 3.85. The molecule has 0 aliphatic rings. The standard InChI is InChI=1S/C10H19BrO/c1-4-10(3,9-11)7-6-8-12-5-2/h4H,1,5-9H2,2-3H3. The molecule has 1 unspecified atom stereocenters. The van der Waals surface area contributed by atoms with Crippen molar-refractivity contribution in [2.75, 3.05) is 18.5 Å². The Hall–Kier alpha value is 0.180. The normalized spacial score (nSPS) is 15.6. The molecule has 0 spiro atoms. The fourth-order valence-electron chi connectivity index (χ4n) is 0.946. The van der Waals surface area contributed by atoms with Gasteiger partial charge in [-0.1, -0.05) is 28.9 Å². The Morgan fingerprint density at radius 2 is 2.25 bits per heavy atom. The predicted molar refractivity (Wildman–Crippen MR) is 57.8 cm³/mol. The van der Waals surface area contributed by atoms with Crippen LogP contribution in [0.2, 0.25) is 0 Å². The molecule has 0 saturated heterocycles. The highest BCUT2D eigenvalue weighted by molar-refractivity contribution is 9.09. The van der Waals surface area contributed by atoms with Crippen molar-refractivity contribution in [2.24, 2.45) is 5.41 Å². The van der Waals surface area contributed by atoms with Crippen LogP contribution in [0.1, 0.15) is 26.7 Å². The minimum Gasteiger partial charge on any atom is -0.382 e. The quantitative estimate of drug-likeness (QED) is 0.373. The lowest BCUT2D eigenvalue weighted by atomic mass is 9.88. The van der Waals surface area contributed by atoms with Crippen LogP contribution in [0.4, 0.5) is 0 Å². The highest BCUT2D eigenvalue weighted by Crippen LogP contribution is 2.26. The van der Waals surface area contributed by atoms with Crippen molar-refractivity contribution in [3.05, 3.63) is 12.7 Å². The Labute approximate surface area is 84.3 Å². The van der Waals surface area contributed by atoms with Gasteiger partial charge < -0.3 is 4.74 Å². The van der Waals surface area contributed by atoms with Gasteiger partial charge in [0.05, 0.1) is 0 Å². The van der Waals surface area contributed by atoms with Gasteiger partial charge in [-0.2, -0.15) is 0 Å². The van der Waals surface area contributed by atoms with E-state index in [2.05, 4.69) is 29.4 Å². The molecule has 0 amide bonds. The van der Waals surface area contributed by atoms with E-state index in [9.17, 15) is 0 Å². The molecule has 0 aromatic rings. The monoisotopic (exact) mass is 234 g/mol. The maximum atomic E-state index is 5.27. The third-order valence-corrected chi connectivity index (χ3v) is 3.32. The van der Waals surface area contributed by atoms with Crippen molar-refractivity contribution in [2.45, 2.75) is 26.7 Å². The molecule has 12 heavy (non-hydrogen) atoms. The van der Waals surface area contributed by atoms with E-state index in [1.165, 1.54) is 0 Å². The Balaban J connectivity index is 3.51. The van der Waals surface area contributed by atoms with Gasteiger partial charge in [0.2, 0.25) is 0 Å². The summed E-state index contributed by atoms with van der Waals surface area (Å²) in [4.78, 5) is 0. The van der Waals surface area contributed by atoms with Crippen molar-refractivity contribution in [3.63, 3.8) is 0 Å². The van der Waals surface area contributed by atoms with Crippen LogP contribution >= 0.6 is 15.9 Å². The van der Waals surface area contributed by atoms with Crippen LogP contribution in [-0.2, 0) is 4.74 Å². The van der Waals surface area contributed by atoms with Gasteiger partial charge in [0.1, 0.15) is 0 Å². The van der Waals surface area contributed by atoms with E-state index >= 15 is 0 Å². The summed E-state index contributed by atoms with van der Waals surface area (Å²) >= 11 is 3.49. The summed E-state index contributed by atoms with van der Waals surface area (Å²) in [6.45, 7) is 9.75. The van der Waals surface area contributed by atoms with Gasteiger partial charge in [-0.3, -0.25) is 0 Å². The SMILES string of the molecule is C=CC(C)(CBr)CCCOCC. The van der Waals surface area contributed by atoms with Crippen LogP contribution in [0.25, 0.3) is 0 Å². The average Bonchev–Trinajstić information content (AvgIpc) is 2.12. The molecule has 0 saturated carbocycles. The van der Waals surface area contributed by atoms with Crippen LogP contribution in [-0.4, -0.2) is 18.5 Å². The highest BCUT2D eigenvalue weighted by Gasteiger charge is 2.17. The number of rotatable bonds is 7. The topological polar surface area (TPSA) is 9.23 Å². The summed E-state index contributed by atoms with van der Waals surface area (Å²) < 4.78 is 5.27. The molecule has 0 aliphatic heterocycles. The third-order valence-electron chi connectivity index (χ3n) is 2.04. The van der Waals surface area contributed by atoms with E-state index in [0.717, 1.165) is 31.4 Å². The maximum Gasteiger partial charge on any atom is 0.0466 e. The molecule has 1 atom stereocenters. The zero-order valence-electron chi connectivity index (χ0n) is 8.11. The van der Waals surface area contributed by atoms with Gasteiger partial charge in [0, 0.05) is 18.5 Å². The second-order valence-electron chi connectivity index (χ2n) is 3.29. The van der Waals surface area contributed by atoms with Crippen molar-refractivity contribution < 1.29 is 4.74 Å². The van der Waals surface area contributed by atoms with E-state index < -0.39 is 0 Å². The molecule has 0 aromatic carbocycles. The smallest absolute Gasteiger partial charge is 0.0466 e. The first-order valence-electron chi connectivity index (χ1n) is 4.46. The van der Waals surface area contributed by atoms with Gasteiger partial charge in [-0.05, 0) is 25.2 Å². The lowest BCUT2D eigenvalue weighted by molar-refractivity contribution is 0.137. The molecular weight excluding hydrogens is 216 g/mol. The van der Waals surface area contributed by atoms with Crippen LogP contribution in [0.5, 0.6) is 0 Å². The maximum absolute atomic E-state index is 5.27. The van der Waals surface area contributed by atoms with Crippen molar-refractivity contribution in [1.82, 2.24) is 0 Å². The Morgan fingerprint density at radius 1 is 1.58 bits per heavy atom. The number of hydrogen-bond donors (Lipinski definition) is 0. The first-order valence-corrected chi connectivity index (χ1v) is 5.58. The van der Waals surface area contributed by atoms with E-state index in [0.29, 0.717) is 0 Å². The lowest BCUT2D eigenvalue weighted by Gasteiger charge is -2.22. The van der Waals surface area contributed by atoms with Crippen molar-refractivity contribution >= 4 is 15.9 Å². The van der Waals surface area contributed by atoms with Gasteiger partial charge in [0.25, 0.3) is 0 Å². The van der Waals surface area contributed by atoms with Gasteiger partial charge in [-0.25, -0.2) is 0 Å². The molecule has 0 N–H and O–H groups in total. The molecule has 0 aliphatic carbocycles. The van der Waals surface area contributed by atoms with Crippen LogP contribution in [0.15, 0.2) is 12.7 Å². The summed E-state index contributed by atoms with van der Waals surface area (Å²) in [6.07, 6.45) is 4.28. The van der Waals surface area contributed by atoms with Crippen LogP contribution < -0.4 is 0 Å². The van der Waals surface area contributed by atoms with Crippen molar-refractivity contribution in [3.8, 4) is 0 Å². The molecule has 0 bridgehead atoms. The molecule has 2 heteroatoms. The zero-order chi connectivity index (χ0) is 9.45. The van der Waals surface area contributed by atoms with Gasteiger partial charge in [-0.15, -0.1) is 6.58 Å². The number of allylic oxidation sites excluding steroid dienone is 1. The number of alkyl halides is 1. The number of hydrogen-bond acceptors (Lipinski definition) is 1. The Bertz CT molecular complexity index is 125. The molecule has 0 rings (SSSR count). The van der Waals surface area contributed by atoms with E-state index in [-0.39, 0.29) is 5.41 Å². The fourth-order valence-corrected chi connectivity index (χ4v) is 1.46. The van der Waals surface area contributed by atoms with Crippen LogP contribution in [0, 0.1) is 5.41 Å². The Morgan fingerprint density at radius 3 is 2.67 bits per heavy atom. The van der Waals surface area contributed by atoms with E-state index in [4.69, 9.17) is 4.74 Å². The fraction of sp³-hybridized carbons (Fsp3) is 0.800. The molecule has 72 valence electrons. The lowest BCUT2D eigenvalue weighted by Crippen LogP contribution is -2.15. The number of halogens is 1. The number of ether oxygens (including phenoxy) is 1. The largest absolute Gasteiger partial charge is 0.382 e. The summed E-state index contributed by atoms with van der Waals surface area (Å²) in [5.41, 5.74) is 0.233. The van der Waals surface area contributed by atoms with Gasteiger partial charge >= 0.3 is 0 Å². The molecule has 0 aromatic heterocycles. The predicted octanol–water partition coefficient (Wildman–Crippen LogP) is 3.39. The summed E-state index contributed by atoms with van der Waals surface area (Å²) in [5.74, 6) is 0. The zero-order valence-corrected chi connectivity index (χ0v) is 9.69. The summed E-state index contributed by atoms with van der Waals surface area (Å²) in [7, 11) is 0. The molecule has 1 nitrogen and oxygen atoms in total. The molecule has 0 heterocycles. The van der Waals surface area contributed by atoms with Crippen LogP contribution in [0.3, 0.4) is 0 Å². The van der Waals surface area contributed by atoms with Crippen molar-refractivity contribution in [1.29, 1.82) is 0 Å². The first kappa shape index (κ1) is 12.2. The molecule has 0 radical (unpaired) electrons. The average molecular weight is 235 g/mol. The Kier molecular flexibility index (Phi) is 6.77. The molecular formula is C10H19BrO. The summed E-state index contributed by atoms with van der Waals surface area (Å²) in [5, 5.41) is 0.982. The molecule has 0 fully saturated rings.